The van der Waals surface area contributed by atoms with Crippen LogP contribution in [0.15, 0.2) is 29.2 Å². The van der Waals surface area contributed by atoms with Gasteiger partial charge in [0.1, 0.15) is 4.90 Å². The number of ether oxygens (including phenoxy) is 1. The first-order valence-electron chi connectivity index (χ1n) is 7.21. The van der Waals surface area contributed by atoms with Gasteiger partial charge in [0.15, 0.2) is 0 Å². The van der Waals surface area contributed by atoms with Crippen LogP contribution in [0, 0.1) is 5.92 Å². The Bertz CT molecular complexity index is 620. The minimum Gasteiger partial charge on any atom is -0.377 e. The highest BCUT2D eigenvalue weighted by Gasteiger charge is 2.50. The summed E-state index contributed by atoms with van der Waals surface area (Å²) in [5, 5.41) is 3.27. The lowest BCUT2D eigenvalue weighted by Crippen LogP contribution is -2.69. The van der Waals surface area contributed by atoms with E-state index >= 15 is 0 Å². The summed E-state index contributed by atoms with van der Waals surface area (Å²) < 4.78 is 32.2. The van der Waals surface area contributed by atoms with Crippen molar-refractivity contribution >= 4 is 15.7 Å². The summed E-state index contributed by atoms with van der Waals surface area (Å²) in [6.45, 7) is 0.753. The molecule has 4 N–H and O–H groups in total. The maximum atomic E-state index is 12.1. The number of fused-ring (bicyclic) bond motifs is 1. The van der Waals surface area contributed by atoms with Crippen LogP contribution < -0.4 is 15.8 Å². The summed E-state index contributed by atoms with van der Waals surface area (Å²) in [6.07, 6.45) is 2.21. The molecule has 0 amide bonds. The van der Waals surface area contributed by atoms with E-state index in [1.807, 2.05) is 0 Å². The molecule has 3 rings (SSSR count). The lowest BCUT2D eigenvalue weighted by molar-refractivity contribution is -0.104. The molecule has 0 radical (unpaired) electrons. The molecule has 6 nitrogen and oxygen atoms in total. The molecule has 1 aromatic carbocycles. The van der Waals surface area contributed by atoms with Crippen molar-refractivity contribution < 1.29 is 13.2 Å². The lowest BCUT2D eigenvalue weighted by atomic mass is 9.68. The highest BCUT2D eigenvalue weighted by Crippen LogP contribution is 2.39. The highest BCUT2D eigenvalue weighted by atomic mass is 32.2. The molecule has 1 heterocycles. The largest absolute Gasteiger partial charge is 0.377 e. The number of rotatable bonds is 4. The number of sulfonamides is 1. The summed E-state index contributed by atoms with van der Waals surface area (Å²) in [7, 11) is -2.10. The Morgan fingerprint density at radius 2 is 2.10 bits per heavy atom. The zero-order chi connectivity index (χ0) is 15.0. The summed E-state index contributed by atoms with van der Waals surface area (Å²) in [5.74, 6) is 0.379. The zero-order valence-electron chi connectivity index (χ0n) is 12.0. The van der Waals surface area contributed by atoms with Gasteiger partial charge in [0, 0.05) is 18.6 Å². The number of nitrogens with two attached hydrogens (primary N) is 1. The van der Waals surface area contributed by atoms with Crippen LogP contribution in [0.5, 0.6) is 0 Å². The Hall–Kier alpha value is -1.15. The van der Waals surface area contributed by atoms with Crippen molar-refractivity contribution in [3.05, 3.63) is 24.3 Å². The molecule has 2 aliphatic rings. The molecule has 116 valence electrons. The van der Waals surface area contributed by atoms with Gasteiger partial charge in [-0.15, -0.1) is 0 Å². The fourth-order valence-corrected chi connectivity index (χ4v) is 4.13. The van der Waals surface area contributed by atoms with Gasteiger partial charge in [-0.05, 0) is 32.0 Å². The van der Waals surface area contributed by atoms with Crippen LogP contribution in [-0.4, -0.2) is 40.3 Å². The molecule has 2 fully saturated rings. The monoisotopic (exact) mass is 311 g/mol. The predicted molar refractivity (Wildman–Crippen MR) is 80.5 cm³/mol. The van der Waals surface area contributed by atoms with Crippen LogP contribution in [0.2, 0.25) is 0 Å². The van der Waals surface area contributed by atoms with Gasteiger partial charge in [0.05, 0.1) is 17.8 Å². The normalized spacial score (nSPS) is 32.1. The first kappa shape index (κ1) is 14.8. The third kappa shape index (κ3) is 2.55. The topological polar surface area (TPSA) is 93.5 Å². The summed E-state index contributed by atoms with van der Waals surface area (Å²) in [5.41, 5.74) is 6.78. The molecule has 1 aliphatic heterocycles. The van der Waals surface area contributed by atoms with Crippen LogP contribution in [0.3, 0.4) is 0 Å². The Kier molecular flexibility index (Phi) is 3.92. The first-order chi connectivity index (χ1) is 10.0. The fraction of sp³-hybridized carbons (Fsp3) is 0.571. The molecule has 7 heteroatoms. The van der Waals surface area contributed by atoms with E-state index in [0.29, 0.717) is 11.6 Å². The first-order valence-corrected chi connectivity index (χ1v) is 8.69. The predicted octanol–water partition coefficient (Wildman–Crippen LogP) is 0.511. The second-order valence-electron chi connectivity index (χ2n) is 5.59. The van der Waals surface area contributed by atoms with Crippen LogP contribution in [-0.2, 0) is 14.8 Å². The molecule has 0 bridgehead atoms. The van der Waals surface area contributed by atoms with Gasteiger partial charge in [-0.2, -0.15) is 0 Å². The van der Waals surface area contributed by atoms with E-state index in [4.69, 9.17) is 10.5 Å². The van der Waals surface area contributed by atoms with E-state index in [1.54, 1.807) is 24.3 Å². The summed E-state index contributed by atoms with van der Waals surface area (Å²) in [4.78, 5) is 0.235. The van der Waals surface area contributed by atoms with Crippen LogP contribution in [0.1, 0.15) is 12.8 Å². The maximum absolute atomic E-state index is 12.1. The van der Waals surface area contributed by atoms with Crippen molar-refractivity contribution in [2.75, 3.05) is 19.0 Å². The molecule has 1 aromatic rings. The maximum Gasteiger partial charge on any atom is 0.242 e. The molecular formula is C14H21N3O3S. The zero-order valence-corrected chi connectivity index (χ0v) is 12.8. The molecule has 0 spiro atoms. The van der Waals surface area contributed by atoms with E-state index in [9.17, 15) is 8.42 Å². The number of hydrogen-bond donors (Lipinski definition) is 3. The SMILES string of the molecule is CNS(=O)(=O)c1ccccc1NC1C(N)C2CCCOC21. The fourth-order valence-electron chi connectivity index (χ4n) is 3.24. The van der Waals surface area contributed by atoms with Gasteiger partial charge in [0.2, 0.25) is 10.0 Å². The Balaban J connectivity index is 1.83. The third-order valence-corrected chi connectivity index (χ3v) is 5.92. The number of nitrogens with one attached hydrogen (secondary N) is 2. The third-order valence-electron chi connectivity index (χ3n) is 4.44. The van der Waals surface area contributed by atoms with Crippen molar-refractivity contribution in [2.24, 2.45) is 11.7 Å². The number of hydrogen-bond acceptors (Lipinski definition) is 5. The lowest BCUT2D eigenvalue weighted by Gasteiger charge is -2.52. The van der Waals surface area contributed by atoms with Crippen molar-refractivity contribution in [3.8, 4) is 0 Å². The molecule has 0 aromatic heterocycles. The molecule has 1 aliphatic carbocycles. The highest BCUT2D eigenvalue weighted by molar-refractivity contribution is 7.89. The van der Waals surface area contributed by atoms with E-state index < -0.39 is 10.0 Å². The molecule has 1 saturated heterocycles. The standard InChI is InChI=1S/C14H21N3O3S/c1-16-21(18,19)11-7-3-2-6-10(11)17-13-12(15)9-5-4-8-20-14(9)13/h2-3,6-7,9,12-14,16-17H,4-5,8,15H2,1H3. The van der Waals surface area contributed by atoms with E-state index in [1.165, 1.54) is 7.05 Å². The Morgan fingerprint density at radius 3 is 2.86 bits per heavy atom. The van der Waals surface area contributed by atoms with Gasteiger partial charge in [-0.3, -0.25) is 0 Å². The smallest absolute Gasteiger partial charge is 0.242 e. The quantitative estimate of drug-likeness (QED) is 0.753. The summed E-state index contributed by atoms with van der Waals surface area (Å²) >= 11 is 0. The van der Waals surface area contributed by atoms with E-state index in [0.717, 1.165) is 19.4 Å². The van der Waals surface area contributed by atoms with Gasteiger partial charge < -0.3 is 15.8 Å². The van der Waals surface area contributed by atoms with Gasteiger partial charge >= 0.3 is 0 Å². The van der Waals surface area contributed by atoms with Crippen LogP contribution in [0.4, 0.5) is 5.69 Å². The van der Waals surface area contributed by atoms with Crippen molar-refractivity contribution in [1.29, 1.82) is 0 Å². The molecule has 4 atom stereocenters. The van der Waals surface area contributed by atoms with Gasteiger partial charge in [-0.25, -0.2) is 13.1 Å². The van der Waals surface area contributed by atoms with Crippen LogP contribution >= 0.6 is 0 Å². The van der Waals surface area contributed by atoms with Crippen molar-refractivity contribution in [1.82, 2.24) is 4.72 Å². The van der Waals surface area contributed by atoms with E-state index in [-0.39, 0.29) is 23.1 Å². The van der Waals surface area contributed by atoms with Gasteiger partial charge in [0.25, 0.3) is 0 Å². The minimum atomic E-state index is -3.50. The van der Waals surface area contributed by atoms with Crippen molar-refractivity contribution in [2.45, 2.75) is 35.9 Å². The number of anilines is 1. The van der Waals surface area contributed by atoms with Crippen LogP contribution in [0.25, 0.3) is 0 Å². The number of para-hydroxylation sites is 1. The second-order valence-corrected chi connectivity index (χ2v) is 7.45. The Morgan fingerprint density at radius 1 is 1.33 bits per heavy atom. The molecule has 21 heavy (non-hydrogen) atoms. The molecular weight excluding hydrogens is 290 g/mol. The van der Waals surface area contributed by atoms with Crippen molar-refractivity contribution in [3.63, 3.8) is 0 Å². The Labute approximate surface area is 125 Å². The number of benzene rings is 1. The van der Waals surface area contributed by atoms with E-state index in [2.05, 4.69) is 10.0 Å². The average Bonchev–Trinajstić information content (AvgIpc) is 2.52. The summed E-state index contributed by atoms with van der Waals surface area (Å²) in [6, 6.07) is 6.81. The average molecular weight is 311 g/mol. The second kappa shape index (κ2) is 5.57. The van der Waals surface area contributed by atoms with Gasteiger partial charge in [-0.1, -0.05) is 12.1 Å². The molecule has 4 unspecified atom stereocenters. The minimum absolute atomic E-state index is 0.000598. The molecule has 1 saturated carbocycles.